The highest BCUT2D eigenvalue weighted by atomic mass is 19.4. The first kappa shape index (κ1) is 22.0. The average Bonchev–Trinajstić information content (AvgIpc) is 2.64. The summed E-state index contributed by atoms with van der Waals surface area (Å²) in [7, 11) is 0. The van der Waals surface area contributed by atoms with E-state index in [0.29, 0.717) is 5.56 Å². The van der Waals surface area contributed by atoms with Crippen LogP contribution in [0.25, 0.3) is 0 Å². The molecule has 0 saturated heterocycles. The summed E-state index contributed by atoms with van der Waals surface area (Å²) in [6, 6.07) is 8.58. The number of rotatable bonds is 6. The maximum absolute atomic E-state index is 13.9. The molecule has 0 saturated carbocycles. The Hall–Kier alpha value is -3.30. The summed E-state index contributed by atoms with van der Waals surface area (Å²) >= 11 is 0. The molecule has 0 aliphatic carbocycles. The van der Waals surface area contributed by atoms with Gasteiger partial charge in [-0.1, -0.05) is 24.3 Å². The van der Waals surface area contributed by atoms with Crippen molar-refractivity contribution in [1.82, 2.24) is 5.32 Å². The number of carbonyl (C=O) groups is 2. The SMILES string of the molecule is CCOC(=O)[C@](NC(=O)Nc1cc(F)ccc1C)(Oc1ccccc1)C(F)(F)F. The highest BCUT2D eigenvalue weighted by Crippen LogP contribution is 2.34. The van der Waals surface area contributed by atoms with Gasteiger partial charge >= 0.3 is 23.9 Å². The van der Waals surface area contributed by atoms with E-state index >= 15 is 0 Å². The van der Waals surface area contributed by atoms with Crippen LogP contribution in [0.3, 0.4) is 0 Å². The Kier molecular flexibility index (Phi) is 6.68. The largest absolute Gasteiger partial charge is 0.461 e. The fourth-order valence-electron chi connectivity index (χ4n) is 2.30. The van der Waals surface area contributed by atoms with E-state index in [9.17, 15) is 27.2 Å². The second kappa shape index (κ2) is 8.80. The van der Waals surface area contributed by atoms with Gasteiger partial charge in [0.2, 0.25) is 0 Å². The number of nitrogens with one attached hydrogen (secondary N) is 2. The minimum atomic E-state index is -5.39. The molecule has 0 unspecified atom stereocenters. The van der Waals surface area contributed by atoms with Gasteiger partial charge in [-0.05, 0) is 43.7 Å². The molecule has 2 N–H and O–H groups in total. The van der Waals surface area contributed by atoms with Gasteiger partial charge in [-0.25, -0.2) is 14.0 Å². The van der Waals surface area contributed by atoms with E-state index in [-0.39, 0.29) is 18.0 Å². The van der Waals surface area contributed by atoms with Gasteiger partial charge < -0.3 is 14.8 Å². The molecular weight excluding hydrogens is 396 g/mol. The summed E-state index contributed by atoms with van der Waals surface area (Å²) in [4.78, 5) is 24.6. The normalized spacial score (nSPS) is 13.2. The zero-order valence-corrected chi connectivity index (χ0v) is 15.5. The van der Waals surface area contributed by atoms with Crippen LogP contribution < -0.4 is 15.4 Å². The molecule has 0 fully saturated rings. The lowest BCUT2D eigenvalue weighted by molar-refractivity contribution is -0.259. The Morgan fingerprint density at radius 3 is 2.31 bits per heavy atom. The average molecular weight is 414 g/mol. The van der Waals surface area contributed by atoms with E-state index < -0.39 is 29.7 Å². The van der Waals surface area contributed by atoms with E-state index in [1.165, 1.54) is 55.6 Å². The summed E-state index contributed by atoms with van der Waals surface area (Å²) in [5.74, 6) is -2.90. The fourth-order valence-corrected chi connectivity index (χ4v) is 2.30. The van der Waals surface area contributed by atoms with Crippen molar-refractivity contribution in [2.24, 2.45) is 0 Å². The molecule has 0 aliphatic rings. The lowest BCUT2D eigenvalue weighted by Crippen LogP contribution is -2.69. The standard InChI is InChI=1S/C19H18F4N2O4/c1-3-28-16(26)18(19(21,22)23,29-14-7-5-4-6-8-14)25-17(27)24-15-11-13(20)10-9-12(15)2/h4-11H,3H2,1-2H3,(H2,24,25,27)/t18-/m0/s1. The molecular formula is C19H18F4N2O4. The number of hydrogen-bond acceptors (Lipinski definition) is 4. The van der Waals surface area contributed by atoms with Gasteiger partial charge in [-0.3, -0.25) is 5.32 Å². The third-order valence-corrected chi connectivity index (χ3v) is 3.71. The highest BCUT2D eigenvalue weighted by Gasteiger charge is 2.66. The molecule has 0 heterocycles. The number of aryl methyl sites for hydroxylation is 1. The Morgan fingerprint density at radius 2 is 1.72 bits per heavy atom. The lowest BCUT2D eigenvalue weighted by atomic mass is 10.2. The minimum absolute atomic E-state index is 0.0813. The number of hydrogen-bond donors (Lipinski definition) is 2. The van der Waals surface area contributed by atoms with Crippen molar-refractivity contribution >= 4 is 17.7 Å². The van der Waals surface area contributed by atoms with Crippen LogP contribution in [0.15, 0.2) is 48.5 Å². The number of benzene rings is 2. The van der Waals surface area contributed by atoms with Crippen LogP contribution in [0.2, 0.25) is 0 Å². The van der Waals surface area contributed by atoms with E-state index in [4.69, 9.17) is 4.74 Å². The molecule has 0 aliphatic heterocycles. The van der Waals surface area contributed by atoms with E-state index in [1.54, 1.807) is 0 Å². The maximum Gasteiger partial charge on any atom is 0.460 e. The monoisotopic (exact) mass is 414 g/mol. The van der Waals surface area contributed by atoms with Crippen LogP contribution >= 0.6 is 0 Å². The summed E-state index contributed by atoms with van der Waals surface area (Å²) in [6.45, 7) is 2.43. The van der Waals surface area contributed by atoms with Gasteiger partial charge in [0.1, 0.15) is 11.6 Å². The zero-order chi connectivity index (χ0) is 21.7. The van der Waals surface area contributed by atoms with Gasteiger partial charge in [0.05, 0.1) is 6.61 Å². The lowest BCUT2D eigenvalue weighted by Gasteiger charge is -2.34. The number of anilines is 1. The highest BCUT2D eigenvalue weighted by molar-refractivity contribution is 5.94. The Balaban J connectivity index is 2.40. The Labute approximate surface area is 163 Å². The van der Waals surface area contributed by atoms with Crippen LogP contribution in [-0.2, 0) is 9.53 Å². The van der Waals surface area contributed by atoms with Crippen molar-refractivity contribution in [1.29, 1.82) is 0 Å². The molecule has 2 aromatic carbocycles. The van der Waals surface area contributed by atoms with Crippen LogP contribution in [0, 0.1) is 12.7 Å². The fraction of sp³-hybridized carbons (Fsp3) is 0.263. The predicted molar refractivity (Wildman–Crippen MR) is 95.8 cm³/mol. The molecule has 2 amide bonds. The predicted octanol–water partition coefficient (Wildman–Crippen LogP) is 4.16. The molecule has 0 spiro atoms. The van der Waals surface area contributed by atoms with Gasteiger partial charge in [-0.2, -0.15) is 13.2 Å². The molecule has 0 aromatic heterocycles. The number of urea groups is 1. The molecule has 156 valence electrons. The van der Waals surface area contributed by atoms with Crippen molar-refractivity contribution in [3.05, 3.63) is 59.9 Å². The van der Waals surface area contributed by atoms with Crippen LogP contribution in [0.1, 0.15) is 12.5 Å². The molecule has 0 radical (unpaired) electrons. The third-order valence-electron chi connectivity index (χ3n) is 3.71. The zero-order valence-electron chi connectivity index (χ0n) is 15.5. The second-order valence-electron chi connectivity index (χ2n) is 5.85. The van der Waals surface area contributed by atoms with Gasteiger partial charge in [0.25, 0.3) is 0 Å². The number of esters is 1. The van der Waals surface area contributed by atoms with Gasteiger partial charge in [-0.15, -0.1) is 0 Å². The summed E-state index contributed by atoms with van der Waals surface area (Å²) in [5.41, 5.74) is -3.52. The van der Waals surface area contributed by atoms with E-state index in [1.807, 2.05) is 0 Å². The molecule has 2 rings (SSSR count). The second-order valence-corrected chi connectivity index (χ2v) is 5.85. The molecule has 1 atom stereocenters. The number of alkyl halides is 3. The molecule has 10 heteroatoms. The van der Waals surface area contributed by atoms with Gasteiger partial charge in [0.15, 0.2) is 0 Å². The Bertz CT molecular complexity index is 874. The first-order valence-corrected chi connectivity index (χ1v) is 8.42. The van der Waals surface area contributed by atoms with Crippen LogP contribution in [0.5, 0.6) is 5.75 Å². The molecule has 2 aromatic rings. The first-order valence-electron chi connectivity index (χ1n) is 8.42. The van der Waals surface area contributed by atoms with Crippen molar-refractivity contribution in [2.75, 3.05) is 11.9 Å². The van der Waals surface area contributed by atoms with Crippen molar-refractivity contribution in [2.45, 2.75) is 25.7 Å². The number of halogens is 4. The molecule has 6 nitrogen and oxygen atoms in total. The van der Waals surface area contributed by atoms with E-state index in [0.717, 1.165) is 12.1 Å². The Morgan fingerprint density at radius 1 is 1.07 bits per heavy atom. The summed E-state index contributed by atoms with van der Waals surface area (Å²) in [6.07, 6.45) is -5.39. The van der Waals surface area contributed by atoms with Crippen molar-refractivity contribution in [3.63, 3.8) is 0 Å². The molecule has 29 heavy (non-hydrogen) atoms. The van der Waals surface area contributed by atoms with Crippen LogP contribution in [0.4, 0.5) is 28.0 Å². The summed E-state index contributed by atoms with van der Waals surface area (Å²) < 4.78 is 64.6. The van der Waals surface area contributed by atoms with Crippen LogP contribution in [-0.4, -0.2) is 30.5 Å². The first-order chi connectivity index (χ1) is 13.6. The quantitative estimate of drug-likeness (QED) is 0.423. The number of carbonyl (C=O) groups excluding carboxylic acids is 2. The third kappa shape index (κ3) is 5.15. The minimum Gasteiger partial charge on any atom is -0.461 e. The number of amides is 2. The maximum atomic E-state index is 13.9. The van der Waals surface area contributed by atoms with Gasteiger partial charge in [0, 0.05) is 5.69 Å². The summed E-state index contributed by atoms with van der Waals surface area (Å²) in [5, 5.41) is 3.59. The van der Waals surface area contributed by atoms with E-state index in [2.05, 4.69) is 10.1 Å². The number of para-hydroxylation sites is 1. The number of ether oxygens (including phenoxy) is 2. The topological polar surface area (TPSA) is 76.7 Å². The van der Waals surface area contributed by atoms with Crippen molar-refractivity contribution < 1.29 is 36.6 Å². The smallest absolute Gasteiger partial charge is 0.460 e. The van der Waals surface area contributed by atoms with Crippen molar-refractivity contribution in [3.8, 4) is 5.75 Å². The molecule has 0 bridgehead atoms.